The highest BCUT2D eigenvalue weighted by Gasteiger charge is 2.46. The molecular weight excluding hydrogens is 492 g/mol. The third kappa shape index (κ3) is 7.41. The van der Waals surface area contributed by atoms with Gasteiger partial charge in [-0.05, 0) is 81.7 Å². The molecule has 3 rings (SSSR count). The van der Waals surface area contributed by atoms with Gasteiger partial charge in [-0.3, -0.25) is 9.59 Å². The third-order valence-corrected chi connectivity index (χ3v) is 7.13. The van der Waals surface area contributed by atoms with Gasteiger partial charge in [0.15, 0.2) is 0 Å². The van der Waals surface area contributed by atoms with Gasteiger partial charge in [0.25, 0.3) is 11.7 Å². The van der Waals surface area contributed by atoms with Crippen molar-refractivity contribution in [3.63, 3.8) is 0 Å². The van der Waals surface area contributed by atoms with Crippen molar-refractivity contribution < 1.29 is 24.2 Å². The van der Waals surface area contributed by atoms with Crippen LogP contribution in [0.2, 0.25) is 0 Å². The van der Waals surface area contributed by atoms with E-state index >= 15 is 0 Å². The summed E-state index contributed by atoms with van der Waals surface area (Å²) in [6.07, 6.45) is 3.24. The maximum atomic E-state index is 13.4. The van der Waals surface area contributed by atoms with Gasteiger partial charge in [-0.2, -0.15) is 0 Å². The molecule has 1 atom stereocenters. The van der Waals surface area contributed by atoms with E-state index in [1.165, 1.54) is 0 Å². The van der Waals surface area contributed by atoms with Gasteiger partial charge in [0, 0.05) is 18.7 Å². The second-order valence-electron chi connectivity index (χ2n) is 10.3. The molecule has 1 fully saturated rings. The average molecular weight is 537 g/mol. The topological polar surface area (TPSA) is 79.3 Å². The van der Waals surface area contributed by atoms with Crippen LogP contribution in [0.5, 0.6) is 11.5 Å². The number of carbonyl (C=O) groups excluding carboxylic acids is 2. The first kappa shape index (κ1) is 30.2. The summed E-state index contributed by atoms with van der Waals surface area (Å²) in [5.41, 5.74) is 2.13. The number of amides is 1. The van der Waals surface area contributed by atoms with Crippen LogP contribution in [0.3, 0.4) is 0 Å². The SMILES string of the molecule is CCCCCOc1ccc(C2C(=C(O)c3ccc(OC(C)C)cc3C)C(=O)C(=O)N2CCN(CC)CC)cc1. The van der Waals surface area contributed by atoms with Crippen LogP contribution in [0.4, 0.5) is 0 Å². The molecule has 1 saturated heterocycles. The van der Waals surface area contributed by atoms with Crippen LogP contribution in [0.15, 0.2) is 48.0 Å². The average Bonchev–Trinajstić information content (AvgIpc) is 3.16. The molecule has 2 aromatic rings. The first-order valence-electron chi connectivity index (χ1n) is 14.2. The van der Waals surface area contributed by atoms with Gasteiger partial charge in [-0.1, -0.05) is 45.7 Å². The Hall–Kier alpha value is -3.32. The monoisotopic (exact) mass is 536 g/mol. The van der Waals surface area contributed by atoms with E-state index in [9.17, 15) is 14.7 Å². The fourth-order valence-corrected chi connectivity index (χ4v) is 4.93. The molecule has 0 aromatic heterocycles. The predicted molar refractivity (Wildman–Crippen MR) is 155 cm³/mol. The summed E-state index contributed by atoms with van der Waals surface area (Å²) in [6, 6.07) is 12.2. The first-order chi connectivity index (χ1) is 18.7. The summed E-state index contributed by atoms with van der Waals surface area (Å²) >= 11 is 0. The Morgan fingerprint density at radius 1 is 1.00 bits per heavy atom. The zero-order chi connectivity index (χ0) is 28.5. The number of nitrogens with zero attached hydrogens (tertiary/aromatic N) is 2. The third-order valence-electron chi connectivity index (χ3n) is 7.13. The molecule has 212 valence electrons. The molecule has 1 amide bonds. The molecule has 7 nitrogen and oxygen atoms in total. The molecule has 1 N–H and O–H groups in total. The van der Waals surface area contributed by atoms with Gasteiger partial charge in [0.05, 0.1) is 24.3 Å². The summed E-state index contributed by atoms with van der Waals surface area (Å²) < 4.78 is 11.7. The van der Waals surface area contributed by atoms with E-state index in [0.29, 0.717) is 31.0 Å². The number of Topliss-reactive ketones (excluding diaryl/α,β-unsaturated/α-hetero) is 1. The number of likely N-dealkylation sites (N-methyl/N-ethyl adjacent to an activating group) is 1. The van der Waals surface area contributed by atoms with Crippen molar-refractivity contribution >= 4 is 17.4 Å². The minimum atomic E-state index is -0.694. The minimum absolute atomic E-state index is 0.0126. The van der Waals surface area contributed by atoms with Crippen LogP contribution >= 0.6 is 0 Å². The van der Waals surface area contributed by atoms with Crippen LogP contribution in [0, 0.1) is 6.92 Å². The zero-order valence-electron chi connectivity index (χ0n) is 24.3. The number of ketones is 1. The Morgan fingerprint density at radius 3 is 2.26 bits per heavy atom. The molecule has 0 spiro atoms. The summed E-state index contributed by atoms with van der Waals surface area (Å²) in [5.74, 6) is -0.00151. The van der Waals surface area contributed by atoms with E-state index < -0.39 is 17.7 Å². The summed E-state index contributed by atoms with van der Waals surface area (Å²) in [7, 11) is 0. The van der Waals surface area contributed by atoms with Crippen LogP contribution < -0.4 is 9.47 Å². The van der Waals surface area contributed by atoms with E-state index in [4.69, 9.17) is 9.47 Å². The molecular formula is C32H44N2O5. The molecule has 1 heterocycles. The molecule has 0 saturated carbocycles. The van der Waals surface area contributed by atoms with Crippen LogP contribution in [0.1, 0.15) is 76.6 Å². The Morgan fingerprint density at radius 2 is 1.67 bits per heavy atom. The molecule has 7 heteroatoms. The van der Waals surface area contributed by atoms with E-state index in [1.54, 1.807) is 17.0 Å². The molecule has 0 aliphatic carbocycles. The lowest BCUT2D eigenvalue weighted by atomic mass is 9.94. The number of benzene rings is 2. The number of ether oxygens (including phenoxy) is 2. The lowest BCUT2D eigenvalue weighted by molar-refractivity contribution is -0.140. The fraction of sp³-hybridized carbons (Fsp3) is 0.500. The van der Waals surface area contributed by atoms with E-state index in [2.05, 4.69) is 25.7 Å². The van der Waals surface area contributed by atoms with Gasteiger partial charge in [0.2, 0.25) is 0 Å². The number of hydrogen-bond acceptors (Lipinski definition) is 6. The number of aliphatic hydroxyl groups is 1. The lowest BCUT2D eigenvalue weighted by Crippen LogP contribution is -2.38. The van der Waals surface area contributed by atoms with Crippen molar-refractivity contribution in [2.45, 2.75) is 73.0 Å². The molecule has 2 aromatic carbocycles. The number of aryl methyl sites for hydroxylation is 1. The van der Waals surface area contributed by atoms with E-state index in [-0.39, 0.29) is 17.4 Å². The van der Waals surface area contributed by atoms with Crippen molar-refractivity contribution in [3.8, 4) is 11.5 Å². The predicted octanol–water partition coefficient (Wildman–Crippen LogP) is 6.11. The van der Waals surface area contributed by atoms with Crippen LogP contribution in [-0.4, -0.2) is 65.5 Å². The van der Waals surface area contributed by atoms with Crippen LogP contribution in [-0.2, 0) is 9.59 Å². The van der Waals surface area contributed by atoms with Crippen molar-refractivity contribution in [1.82, 2.24) is 9.80 Å². The Kier molecular flexibility index (Phi) is 11.0. The second-order valence-corrected chi connectivity index (χ2v) is 10.3. The summed E-state index contributed by atoms with van der Waals surface area (Å²) in [6.45, 7) is 15.4. The molecule has 1 aliphatic heterocycles. The minimum Gasteiger partial charge on any atom is -0.507 e. The number of aliphatic hydroxyl groups excluding tert-OH is 1. The quantitative estimate of drug-likeness (QED) is 0.136. The van der Waals surface area contributed by atoms with E-state index in [1.807, 2.05) is 51.1 Å². The van der Waals surface area contributed by atoms with Crippen molar-refractivity contribution in [2.24, 2.45) is 0 Å². The Bertz CT molecular complexity index is 1150. The number of likely N-dealkylation sites (tertiary alicyclic amines) is 1. The van der Waals surface area contributed by atoms with Crippen molar-refractivity contribution in [1.29, 1.82) is 0 Å². The summed E-state index contributed by atoms with van der Waals surface area (Å²) in [5, 5.41) is 11.5. The standard InChI is InChI=1S/C32H44N2O5/c1-7-10-11-20-38-25-14-12-24(13-15-25)29-28(31(36)32(37)34(29)19-18-33(8-2)9-3)30(35)27-17-16-26(21-23(27)6)39-22(4)5/h12-17,21-22,29,35H,7-11,18-20H2,1-6H3. The largest absolute Gasteiger partial charge is 0.507 e. The van der Waals surface area contributed by atoms with Gasteiger partial charge >= 0.3 is 0 Å². The highest BCUT2D eigenvalue weighted by molar-refractivity contribution is 6.46. The van der Waals surface area contributed by atoms with Gasteiger partial charge < -0.3 is 24.4 Å². The highest BCUT2D eigenvalue weighted by atomic mass is 16.5. The van der Waals surface area contributed by atoms with Gasteiger partial charge in [0.1, 0.15) is 17.3 Å². The fourth-order valence-electron chi connectivity index (χ4n) is 4.93. The summed E-state index contributed by atoms with van der Waals surface area (Å²) in [4.78, 5) is 30.5. The second kappa shape index (κ2) is 14.2. The van der Waals surface area contributed by atoms with Crippen LogP contribution in [0.25, 0.3) is 5.76 Å². The first-order valence-corrected chi connectivity index (χ1v) is 14.2. The lowest BCUT2D eigenvalue weighted by Gasteiger charge is -2.28. The van der Waals surface area contributed by atoms with Gasteiger partial charge in [-0.25, -0.2) is 0 Å². The molecule has 39 heavy (non-hydrogen) atoms. The highest BCUT2D eigenvalue weighted by Crippen LogP contribution is 2.40. The van der Waals surface area contributed by atoms with E-state index in [0.717, 1.165) is 49.2 Å². The van der Waals surface area contributed by atoms with Crippen molar-refractivity contribution in [3.05, 3.63) is 64.7 Å². The molecule has 1 unspecified atom stereocenters. The Labute approximate surface area is 233 Å². The number of carbonyl (C=O) groups is 2. The van der Waals surface area contributed by atoms with Gasteiger partial charge in [-0.15, -0.1) is 0 Å². The Balaban J connectivity index is 2.02. The molecule has 0 bridgehead atoms. The molecule has 0 radical (unpaired) electrons. The number of rotatable bonds is 14. The smallest absolute Gasteiger partial charge is 0.295 e. The maximum Gasteiger partial charge on any atom is 0.295 e. The number of hydrogen-bond donors (Lipinski definition) is 1. The zero-order valence-corrected chi connectivity index (χ0v) is 24.3. The maximum absolute atomic E-state index is 13.4. The molecule has 1 aliphatic rings. The normalized spacial score (nSPS) is 16.9. The number of unbranched alkanes of at least 4 members (excludes halogenated alkanes) is 2. The van der Waals surface area contributed by atoms with Crippen molar-refractivity contribution in [2.75, 3.05) is 32.8 Å².